The molecule has 6 heteroatoms. The number of nitrogens with one attached hydrogen (secondary N) is 2. The third-order valence-electron chi connectivity index (χ3n) is 5.17. The molecule has 0 spiro atoms. The smallest absolute Gasteiger partial charge is 0.265 e. The highest BCUT2D eigenvalue weighted by molar-refractivity contribution is 6.38. The number of likely N-dealkylation sites (N-methyl/N-ethyl adjacent to an activating group) is 1. The van der Waals surface area contributed by atoms with Crippen LogP contribution in [0.15, 0.2) is 24.3 Å². The van der Waals surface area contributed by atoms with Crippen molar-refractivity contribution in [2.75, 3.05) is 44.7 Å². The van der Waals surface area contributed by atoms with Gasteiger partial charge in [-0.15, -0.1) is 0 Å². The molecule has 1 amide bonds. The van der Waals surface area contributed by atoms with Gasteiger partial charge in [0.2, 0.25) is 0 Å². The van der Waals surface area contributed by atoms with Crippen LogP contribution in [0.1, 0.15) is 46.6 Å². The maximum atomic E-state index is 12.5. The van der Waals surface area contributed by atoms with E-state index in [4.69, 9.17) is 10.1 Å². The number of carbonyl (C=O) groups is 1. The number of amides is 1. The van der Waals surface area contributed by atoms with Gasteiger partial charge in [-0.3, -0.25) is 10.2 Å². The number of ether oxygens (including phenoxy) is 1. The summed E-state index contributed by atoms with van der Waals surface area (Å²) >= 11 is 0. The second-order valence-corrected chi connectivity index (χ2v) is 9.66. The van der Waals surface area contributed by atoms with Gasteiger partial charge in [-0.05, 0) is 65.8 Å². The quantitative estimate of drug-likeness (QED) is 0.656. The van der Waals surface area contributed by atoms with Crippen LogP contribution in [0.2, 0.25) is 0 Å². The zero-order valence-corrected chi connectivity index (χ0v) is 19.0. The number of rotatable bonds is 8. The Morgan fingerprint density at radius 3 is 2.21 bits per heavy atom. The Bertz CT molecular complexity index is 684. The third-order valence-corrected chi connectivity index (χ3v) is 5.17. The molecule has 0 aromatic heterocycles. The van der Waals surface area contributed by atoms with Gasteiger partial charge >= 0.3 is 0 Å². The molecular formula is C23H38N4O2. The zero-order valence-electron chi connectivity index (χ0n) is 19.0. The summed E-state index contributed by atoms with van der Waals surface area (Å²) in [6.45, 7) is 14.8. The molecule has 1 saturated heterocycles. The summed E-state index contributed by atoms with van der Waals surface area (Å²) in [6.07, 6.45) is 1.03. The summed E-state index contributed by atoms with van der Waals surface area (Å²) < 4.78 is 5.76. The summed E-state index contributed by atoms with van der Waals surface area (Å²) in [4.78, 5) is 17.2. The Balaban J connectivity index is 1.83. The standard InChI is InChI=1S/C23H38N4O2/c1-22(2,3)29-16-11-23(4,5)25-21(28)20(24)17-18-7-9-19(10-8-18)27-14-12-26(6)13-15-27/h7-10,24H,11-17H2,1-6H3,(H,25,28). The Morgan fingerprint density at radius 2 is 1.66 bits per heavy atom. The number of carbonyl (C=O) groups excluding carboxylic acids is 1. The largest absolute Gasteiger partial charge is 0.376 e. The third kappa shape index (κ3) is 8.15. The number of anilines is 1. The molecule has 1 fully saturated rings. The number of hydrogen-bond donors (Lipinski definition) is 2. The molecule has 29 heavy (non-hydrogen) atoms. The van der Waals surface area contributed by atoms with Gasteiger partial charge in [-0.2, -0.15) is 0 Å². The van der Waals surface area contributed by atoms with Crippen molar-refractivity contribution < 1.29 is 9.53 Å². The van der Waals surface area contributed by atoms with E-state index in [-0.39, 0.29) is 17.2 Å². The van der Waals surface area contributed by atoms with Gasteiger partial charge in [0, 0.05) is 50.4 Å². The lowest BCUT2D eigenvalue weighted by Gasteiger charge is -2.34. The fourth-order valence-corrected chi connectivity index (χ4v) is 3.23. The summed E-state index contributed by atoms with van der Waals surface area (Å²) in [5, 5.41) is 11.2. The van der Waals surface area contributed by atoms with Crippen LogP contribution >= 0.6 is 0 Å². The van der Waals surface area contributed by atoms with Crippen molar-refractivity contribution >= 4 is 17.3 Å². The van der Waals surface area contributed by atoms with E-state index in [1.165, 1.54) is 5.69 Å². The van der Waals surface area contributed by atoms with Crippen LogP contribution in [-0.2, 0) is 16.0 Å². The fourth-order valence-electron chi connectivity index (χ4n) is 3.23. The van der Waals surface area contributed by atoms with E-state index in [2.05, 4.69) is 34.3 Å². The lowest BCUT2D eigenvalue weighted by Crippen LogP contribution is -2.47. The van der Waals surface area contributed by atoms with Gasteiger partial charge in [0.05, 0.1) is 5.60 Å². The molecule has 0 bridgehead atoms. The van der Waals surface area contributed by atoms with Crippen molar-refractivity contribution in [1.29, 1.82) is 5.41 Å². The Labute approximate surface area is 176 Å². The molecule has 1 aromatic carbocycles. The molecule has 162 valence electrons. The maximum Gasteiger partial charge on any atom is 0.265 e. The molecule has 1 aliphatic heterocycles. The maximum absolute atomic E-state index is 12.5. The number of nitrogens with zero attached hydrogens (tertiary/aromatic N) is 2. The van der Waals surface area contributed by atoms with E-state index in [9.17, 15) is 4.79 Å². The van der Waals surface area contributed by atoms with Crippen molar-refractivity contribution in [2.45, 2.75) is 58.6 Å². The van der Waals surface area contributed by atoms with E-state index in [0.29, 0.717) is 19.4 Å². The first-order chi connectivity index (χ1) is 13.5. The van der Waals surface area contributed by atoms with E-state index in [0.717, 1.165) is 31.7 Å². The molecule has 6 nitrogen and oxygen atoms in total. The molecule has 0 unspecified atom stereocenters. The summed E-state index contributed by atoms with van der Waals surface area (Å²) in [5.41, 5.74) is 1.67. The van der Waals surface area contributed by atoms with E-state index < -0.39 is 5.54 Å². The van der Waals surface area contributed by atoms with Crippen LogP contribution in [-0.4, -0.2) is 67.5 Å². The van der Waals surface area contributed by atoms with Crippen molar-refractivity contribution in [2.24, 2.45) is 0 Å². The first-order valence-corrected chi connectivity index (χ1v) is 10.5. The lowest BCUT2D eigenvalue weighted by molar-refractivity contribution is -0.116. The zero-order chi connectivity index (χ0) is 21.7. The minimum absolute atomic E-state index is 0.0853. The number of piperazine rings is 1. The highest BCUT2D eigenvalue weighted by atomic mass is 16.5. The van der Waals surface area contributed by atoms with E-state index in [1.54, 1.807) is 0 Å². The SMILES string of the molecule is CN1CCN(c2ccc(CC(=N)C(=O)NC(C)(C)CCOC(C)(C)C)cc2)CC1. The fraction of sp³-hybridized carbons (Fsp3) is 0.652. The Morgan fingerprint density at radius 1 is 1.07 bits per heavy atom. The van der Waals surface area contributed by atoms with Crippen LogP contribution in [0.25, 0.3) is 0 Å². The monoisotopic (exact) mass is 402 g/mol. The van der Waals surface area contributed by atoms with Crippen molar-refractivity contribution in [1.82, 2.24) is 10.2 Å². The van der Waals surface area contributed by atoms with E-state index in [1.807, 2.05) is 46.8 Å². The average Bonchev–Trinajstić information content (AvgIpc) is 2.61. The molecule has 1 heterocycles. The second-order valence-electron chi connectivity index (χ2n) is 9.66. The van der Waals surface area contributed by atoms with Gasteiger partial charge in [0.15, 0.2) is 0 Å². The normalized spacial score (nSPS) is 16.0. The van der Waals surface area contributed by atoms with Gasteiger partial charge in [-0.25, -0.2) is 0 Å². The lowest BCUT2D eigenvalue weighted by atomic mass is 9.99. The molecule has 0 aliphatic carbocycles. The molecule has 0 atom stereocenters. The molecule has 0 saturated carbocycles. The first-order valence-electron chi connectivity index (χ1n) is 10.5. The molecule has 2 N–H and O–H groups in total. The van der Waals surface area contributed by atoms with Crippen LogP contribution in [0.4, 0.5) is 5.69 Å². The highest BCUT2D eigenvalue weighted by Gasteiger charge is 2.24. The minimum atomic E-state index is -0.417. The number of hydrogen-bond acceptors (Lipinski definition) is 5. The topological polar surface area (TPSA) is 68.7 Å². The van der Waals surface area contributed by atoms with Crippen LogP contribution in [0.3, 0.4) is 0 Å². The van der Waals surface area contributed by atoms with Crippen molar-refractivity contribution in [3.05, 3.63) is 29.8 Å². The average molecular weight is 403 g/mol. The first kappa shape index (κ1) is 23.4. The highest BCUT2D eigenvalue weighted by Crippen LogP contribution is 2.18. The molecule has 2 rings (SSSR count). The van der Waals surface area contributed by atoms with Gasteiger partial charge in [0.25, 0.3) is 5.91 Å². The summed E-state index contributed by atoms with van der Waals surface area (Å²) in [7, 11) is 2.15. The van der Waals surface area contributed by atoms with Gasteiger partial charge < -0.3 is 19.9 Å². The van der Waals surface area contributed by atoms with Crippen LogP contribution < -0.4 is 10.2 Å². The predicted octanol–water partition coefficient (Wildman–Crippen LogP) is 3.10. The molecule has 0 radical (unpaired) electrons. The van der Waals surface area contributed by atoms with Crippen LogP contribution in [0, 0.1) is 5.41 Å². The van der Waals surface area contributed by atoms with E-state index >= 15 is 0 Å². The molecule has 1 aromatic rings. The van der Waals surface area contributed by atoms with Crippen molar-refractivity contribution in [3.8, 4) is 0 Å². The van der Waals surface area contributed by atoms with Crippen LogP contribution in [0.5, 0.6) is 0 Å². The summed E-state index contributed by atoms with van der Waals surface area (Å²) in [6, 6.07) is 8.24. The molecular weight excluding hydrogens is 364 g/mol. The Hall–Kier alpha value is -1.92. The number of benzene rings is 1. The predicted molar refractivity (Wildman–Crippen MR) is 120 cm³/mol. The van der Waals surface area contributed by atoms with Gasteiger partial charge in [-0.1, -0.05) is 12.1 Å². The van der Waals surface area contributed by atoms with Gasteiger partial charge in [0.1, 0.15) is 5.71 Å². The minimum Gasteiger partial charge on any atom is -0.376 e. The second kappa shape index (κ2) is 9.72. The van der Waals surface area contributed by atoms with Crippen molar-refractivity contribution in [3.63, 3.8) is 0 Å². The Kier molecular flexibility index (Phi) is 7.83. The molecule has 1 aliphatic rings. The summed E-state index contributed by atoms with van der Waals surface area (Å²) in [5.74, 6) is -0.311.